The third-order valence-corrected chi connectivity index (χ3v) is 5.94. The highest BCUT2D eigenvalue weighted by molar-refractivity contribution is 5.81. The predicted molar refractivity (Wildman–Crippen MR) is 133 cm³/mol. The molecule has 36 heavy (non-hydrogen) atoms. The SMILES string of the molecule is CCCCC(C(=O)N[C@@H](CC(=O)O)c1cc(F)cc(F)c1)n1cc(C)cc(Cc2ccccc2)c1=O. The zero-order valence-electron chi connectivity index (χ0n) is 20.3. The van der Waals surface area contributed by atoms with E-state index in [0.717, 1.165) is 29.7 Å². The summed E-state index contributed by atoms with van der Waals surface area (Å²) in [6, 6.07) is 11.9. The number of carbonyl (C=O) groups excluding carboxylic acids is 1. The monoisotopic (exact) mass is 496 g/mol. The molecule has 2 atom stereocenters. The number of amides is 1. The second kappa shape index (κ2) is 12.2. The summed E-state index contributed by atoms with van der Waals surface area (Å²) < 4.78 is 29.0. The molecular weight excluding hydrogens is 466 g/mol. The Balaban J connectivity index is 1.98. The van der Waals surface area contributed by atoms with E-state index in [-0.39, 0.29) is 11.1 Å². The van der Waals surface area contributed by atoms with Gasteiger partial charge in [-0.2, -0.15) is 0 Å². The molecule has 3 aromatic rings. The van der Waals surface area contributed by atoms with Crippen LogP contribution in [0.1, 0.15) is 66.9 Å². The van der Waals surface area contributed by atoms with E-state index < -0.39 is 42.0 Å². The molecule has 2 aromatic carbocycles. The maximum Gasteiger partial charge on any atom is 0.305 e. The third kappa shape index (κ3) is 7.10. The summed E-state index contributed by atoms with van der Waals surface area (Å²) in [7, 11) is 0. The Labute approximate surface area is 208 Å². The number of rotatable bonds is 11. The van der Waals surface area contributed by atoms with Gasteiger partial charge in [-0.3, -0.25) is 14.4 Å². The number of benzene rings is 2. The van der Waals surface area contributed by atoms with Crippen LogP contribution in [0.2, 0.25) is 0 Å². The van der Waals surface area contributed by atoms with E-state index in [9.17, 15) is 28.3 Å². The molecular formula is C28H30F2N2O4. The lowest BCUT2D eigenvalue weighted by Gasteiger charge is -2.24. The molecule has 1 amide bonds. The summed E-state index contributed by atoms with van der Waals surface area (Å²) in [4.78, 5) is 38.4. The highest BCUT2D eigenvalue weighted by atomic mass is 19.1. The lowest BCUT2D eigenvalue weighted by Crippen LogP contribution is -2.40. The smallest absolute Gasteiger partial charge is 0.305 e. The Hall–Kier alpha value is -3.81. The number of aromatic nitrogens is 1. The minimum Gasteiger partial charge on any atom is -0.481 e. The summed E-state index contributed by atoms with van der Waals surface area (Å²) in [5.74, 6) is -3.58. The first kappa shape index (κ1) is 26.8. The predicted octanol–water partition coefficient (Wildman–Crippen LogP) is 5.09. The van der Waals surface area contributed by atoms with Gasteiger partial charge in [0.05, 0.1) is 12.5 Å². The number of aryl methyl sites for hydroxylation is 1. The molecule has 0 saturated heterocycles. The fourth-order valence-electron chi connectivity index (χ4n) is 4.26. The third-order valence-electron chi connectivity index (χ3n) is 5.94. The molecule has 0 radical (unpaired) electrons. The van der Waals surface area contributed by atoms with Gasteiger partial charge in [0, 0.05) is 24.2 Å². The van der Waals surface area contributed by atoms with Crippen molar-refractivity contribution in [3.05, 3.63) is 105 Å². The van der Waals surface area contributed by atoms with Crippen LogP contribution < -0.4 is 10.9 Å². The molecule has 0 aliphatic carbocycles. The van der Waals surface area contributed by atoms with Crippen LogP contribution in [0.3, 0.4) is 0 Å². The topological polar surface area (TPSA) is 88.4 Å². The molecule has 6 nitrogen and oxygen atoms in total. The Bertz CT molecular complexity index is 1250. The van der Waals surface area contributed by atoms with E-state index in [4.69, 9.17) is 0 Å². The molecule has 0 aliphatic rings. The van der Waals surface area contributed by atoms with Gasteiger partial charge in [-0.25, -0.2) is 8.78 Å². The summed E-state index contributed by atoms with van der Waals surface area (Å²) in [6.45, 7) is 3.79. The maximum atomic E-state index is 13.8. The van der Waals surface area contributed by atoms with Gasteiger partial charge in [-0.15, -0.1) is 0 Å². The summed E-state index contributed by atoms with van der Waals surface area (Å²) in [5, 5.41) is 12.0. The van der Waals surface area contributed by atoms with Gasteiger partial charge >= 0.3 is 5.97 Å². The summed E-state index contributed by atoms with van der Waals surface area (Å²) >= 11 is 0. The van der Waals surface area contributed by atoms with Gasteiger partial charge < -0.3 is 15.0 Å². The first-order valence-corrected chi connectivity index (χ1v) is 11.9. The van der Waals surface area contributed by atoms with Crippen molar-refractivity contribution < 1.29 is 23.5 Å². The van der Waals surface area contributed by atoms with Gasteiger partial charge in [0.15, 0.2) is 0 Å². The maximum absolute atomic E-state index is 13.8. The fraction of sp³-hybridized carbons (Fsp3) is 0.321. The average molecular weight is 497 g/mol. The number of hydrogen-bond donors (Lipinski definition) is 2. The Kier molecular flexibility index (Phi) is 9.11. The van der Waals surface area contributed by atoms with Crippen LogP contribution in [0.25, 0.3) is 0 Å². The molecule has 1 heterocycles. The van der Waals surface area contributed by atoms with Crippen molar-refractivity contribution in [3.8, 4) is 0 Å². The van der Waals surface area contributed by atoms with Crippen molar-refractivity contribution in [1.29, 1.82) is 0 Å². The second-order valence-corrected chi connectivity index (χ2v) is 8.94. The van der Waals surface area contributed by atoms with Gasteiger partial charge in [0.25, 0.3) is 5.56 Å². The van der Waals surface area contributed by atoms with E-state index in [0.29, 0.717) is 30.9 Å². The van der Waals surface area contributed by atoms with Crippen molar-refractivity contribution in [2.24, 2.45) is 0 Å². The van der Waals surface area contributed by atoms with Crippen LogP contribution >= 0.6 is 0 Å². The molecule has 2 N–H and O–H groups in total. The van der Waals surface area contributed by atoms with E-state index in [1.807, 2.05) is 44.2 Å². The van der Waals surface area contributed by atoms with Crippen molar-refractivity contribution in [1.82, 2.24) is 9.88 Å². The standard InChI is InChI=1S/C28H30F2N2O4/c1-3-4-10-25(27(35)31-24(16-26(33)34)20-13-22(29)15-23(30)14-20)32-17-18(2)11-21(28(32)36)12-19-8-6-5-7-9-19/h5-9,11,13-15,17,24-25H,3-4,10,12,16H2,1-2H3,(H,31,35)(H,33,34)/t24-,25?/m0/s1. The van der Waals surface area contributed by atoms with Crippen LogP contribution in [-0.4, -0.2) is 21.6 Å². The number of hydrogen-bond acceptors (Lipinski definition) is 3. The highest BCUT2D eigenvalue weighted by Gasteiger charge is 2.27. The van der Waals surface area contributed by atoms with Gasteiger partial charge in [-0.05, 0) is 48.2 Å². The quantitative estimate of drug-likeness (QED) is 0.387. The Morgan fingerprint density at radius 3 is 2.33 bits per heavy atom. The molecule has 0 aliphatic heterocycles. The van der Waals surface area contributed by atoms with E-state index in [2.05, 4.69) is 5.32 Å². The summed E-state index contributed by atoms with van der Waals surface area (Å²) in [6.07, 6.45) is 3.20. The van der Waals surface area contributed by atoms with Gasteiger partial charge in [0.1, 0.15) is 17.7 Å². The molecule has 8 heteroatoms. The zero-order chi connectivity index (χ0) is 26.2. The van der Waals surface area contributed by atoms with Crippen LogP contribution in [0.15, 0.2) is 65.6 Å². The molecule has 0 saturated carbocycles. The first-order valence-electron chi connectivity index (χ1n) is 11.9. The van der Waals surface area contributed by atoms with Crippen molar-refractivity contribution in [2.45, 2.75) is 58.0 Å². The first-order chi connectivity index (χ1) is 17.2. The summed E-state index contributed by atoms with van der Waals surface area (Å²) in [5.41, 5.74) is 1.97. The van der Waals surface area contributed by atoms with E-state index in [1.165, 1.54) is 4.57 Å². The van der Waals surface area contributed by atoms with Crippen LogP contribution in [0, 0.1) is 18.6 Å². The number of carboxylic acid groups (broad SMARTS) is 1. The molecule has 3 rings (SSSR count). The molecule has 1 unspecified atom stereocenters. The average Bonchev–Trinajstić information content (AvgIpc) is 2.81. The number of aliphatic carboxylic acids is 1. The number of halogens is 2. The number of unbranched alkanes of at least 4 members (excludes halogenated alkanes) is 1. The van der Waals surface area contributed by atoms with Crippen molar-refractivity contribution in [2.75, 3.05) is 0 Å². The molecule has 190 valence electrons. The molecule has 0 spiro atoms. The number of carbonyl (C=O) groups is 2. The van der Waals surface area contributed by atoms with Crippen molar-refractivity contribution in [3.63, 3.8) is 0 Å². The van der Waals surface area contributed by atoms with E-state index in [1.54, 1.807) is 12.3 Å². The fourth-order valence-corrected chi connectivity index (χ4v) is 4.26. The van der Waals surface area contributed by atoms with Crippen LogP contribution in [0.5, 0.6) is 0 Å². The number of nitrogens with zero attached hydrogens (tertiary/aromatic N) is 1. The van der Waals surface area contributed by atoms with Crippen molar-refractivity contribution >= 4 is 11.9 Å². The number of pyridine rings is 1. The molecule has 0 fully saturated rings. The van der Waals surface area contributed by atoms with Gasteiger partial charge in [0.2, 0.25) is 5.91 Å². The highest BCUT2D eigenvalue weighted by Crippen LogP contribution is 2.23. The lowest BCUT2D eigenvalue weighted by atomic mass is 10.0. The molecule has 1 aromatic heterocycles. The zero-order valence-corrected chi connectivity index (χ0v) is 20.3. The minimum absolute atomic E-state index is 0.00107. The number of carboxylic acids is 1. The molecule has 0 bridgehead atoms. The number of nitrogens with one attached hydrogen (secondary N) is 1. The van der Waals surface area contributed by atoms with Gasteiger partial charge in [-0.1, -0.05) is 50.1 Å². The van der Waals surface area contributed by atoms with Crippen LogP contribution in [0.4, 0.5) is 8.78 Å². The Morgan fingerprint density at radius 2 is 1.72 bits per heavy atom. The van der Waals surface area contributed by atoms with Crippen LogP contribution in [-0.2, 0) is 16.0 Å². The Morgan fingerprint density at radius 1 is 1.06 bits per heavy atom. The lowest BCUT2D eigenvalue weighted by molar-refractivity contribution is -0.138. The normalized spacial score (nSPS) is 12.7. The second-order valence-electron chi connectivity index (χ2n) is 8.94. The largest absolute Gasteiger partial charge is 0.481 e. The van der Waals surface area contributed by atoms with E-state index >= 15 is 0 Å². The minimum atomic E-state index is -1.24.